The normalized spacial score (nSPS) is 15.1. The molecule has 13 heteroatoms. The van der Waals surface area contributed by atoms with Crippen LogP contribution >= 0.6 is 0 Å². The average molecular weight is 515 g/mol. The van der Waals surface area contributed by atoms with Crippen molar-refractivity contribution in [3.8, 4) is 0 Å². The summed E-state index contributed by atoms with van der Waals surface area (Å²) >= 11 is 0. The molecule has 4 N–H and O–H groups in total. The molecule has 0 unspecified atom stereocenters. The van der Waals surface area contributed by atoms with Gasteiger partial charge in [0.25, 0.3) is 5.91 Å². The summed E-state index contributed by atoms with van der Waals surface area (Å²) in [5, 5.41) is 11.7. The summed E-state index contributed by atoms with van der Waals surface area (Å²) in [5.74, 6) is -0.228. The van der Waals surface area contributed by atoms with E-state index in [4.69, 9.17) is 9.94 Å². The number of aromatic amines is 1. The number of aromatic nitrogens is 2. The zero-order valence-corrected chi connectivity index (χ0v) is 19.8. The maximum Gasteiger partial charge on any atom is 0.417 e. The second-order valence-electron chi connectivity index (χ2n) is 8.14. The number of benzene rings is 2. The molecule has 3 aromatic rings. The van der Waals surface area contributed by atoms with Crippen molar-refractivity contribution in [2.45, 2.75) is 13.1 Å². The third-order valence-corrected chi connectivity index (χ3v) is 5.65. The fourth-order valence-corrected chi connectivity index (χ4v) is 3.83. The van der Waals surface area contributed by atoms with Gasteiger partial charge in [-0.1, -0.05) is 6.07 Å². The Kier molecular flexibility index (Phi) is 7.55. The van der Waals surface area contributed by atoms with Gasteiger partial charge in [-0.2, -0.15) is 13.2 Å². The molecule has 0 radical (unpaired) electrons. The molecule has 0 saturated carbocycles. The molecule has 0 spiro atoms. The smallest absolute Gasteiger partial charge is 0.378 e. The van der Waals surface area contributed by atoms with E-state index in [-0.39, 0.29) is 28.2 Å². The van der Waals surface area contributed by atoms with Gasteiger partial charge in [-0.3, -0.25) is 10.0 Å². The summed E-state index contributed by atoms with van der Waals surface area (Å²) in [5.41, 5.74) is 1.96. The number of alkyl halides is 3. The van der Waals surface area contributed by atoms with Crippen LogP contribution in [0.2, 0.25) is 0 Å². The first-order valence-electron chi connectivity index (χ1n) is 11.2. The molecule has 1 amide bonds. The van der Waals surface area contributed by atoms with E-state index in [0.717, 1.165) is 6.07 Å². The van der Waals surface area contributed by atoms with Crippen molar-refractivity contribution in [3.63, 3.8) is 0 Å². The van der Waals surface area contributed by atoms with E-state index in [1.165, 1.54) is 31.3 Å². The number of fused-ring (bicyclic) bond motifs is 1. The summed E-state index contributed by atoms with van der Waals surface area (Å²) in [4.78, 5) is 28.9. The Morgan fingerprint density at radius 3 is 2.70 bits per heavy atom. The summed E-state index contributed by atoms with van der Waals surface area (Å²) in [6, 6.07) is 8.49. The van der Waals surface area contributed by atoms with Gasteiger partial charge in [-0.15, -0.1) is 0 Å². The lowest BCUT2D eigenvalue weighted by molar-refractivity contribution is -0.137. The lowest BCUT2D eigenvalue weighted by Gasteiger charge is -2.27. The highest BCUT2D eigenvalue weighted by Crippen LogP contribution is 2.37. The van der Waals surface area contributed by atoms with E-state index < -0.39 is 17.6 Å². The van der Waals surface area contributed by atoms with Crippen LogP contribution in [0.15, 0.2) is 52.6 Å². The summed E-state index contributed by atoms with van der Waals surface area (Å²) < 4.78 is 47.2. The van der Waals surface area contributed by atoms with Crippen molar-refractivity contribution in [2.24, 2.45) is 9.98 Å². The number of carbonyl (C=O) groups excluding carboxylic acids is 1. The van der Waals surface area contributed by atoms with E-state index in [0.29, 0.717) is 43.5 Å². The molecule has 0 aliphatic carbocycles. The fourth-order valence-electron chi connectivity index (χ4n) is 3.83. The number of H-pyrrole nitrogens is 1. The van der Waals surface area contributed by atoms with Gasteiger partial charge in [0.2, 0.25) is 11.9 Å². The number of rotatable bonds is 5. The Morgan fingerprint density at radius 2 is 2.03 bits per heavy atom. The Balaban J connectivity index is 1.68. The highest BCUT2D eigenvalue weighted by Gasteiger charge is 2.34. The first-order chi connectivity index (χ1) is 17.7. The first-order valence-corrected chi connectivity index (χ1v) is 11.2. The largest absolute Gasteiger partial charge is 0.417 e. The molecule has 194 valence electrons. The molecule has 37 heavy (non-hydrogen) atoms. The number of carbonyl (C=O) groups is 1. The highest BCUT2D eigenvalue weighted by atomic mass is 19.4. The van der Waals surface area contributed by atoms with E-state index >= 15 is 0 Å². The fraction of sp³-hybridized carbons (Fsp3) is 0.250. The van der Waals surface area contributed by atoms with Gasteiger partial charge in [0, 0.05) is 30.5 Å². The Bertz CT molecular complexity index is 1380. The zero-order chi connectivity index (χ0) is 26.6. The SMILES string of the molecule is C=NC(=N/C=C(\C)c1cc2nc(Nc3cccc(C(=O)NO)c3)[nH]c2cc1C(F)(F)F)N1CCOCC1. The lowest BCUT2D eigenvalue weighted by atomic mass is 10.00. The van der Waals surface area contributed by atoms with Crippen molar-refractivity contribution >= 4 is 46.8 Å². The van der Waals surface area contributed by atoms with Crippen LogP contribution in [0.3, 0.4) is 0 Å². The number of aliphatic imine (C=N–C) groups is 2. The molecule has 0 atom stereocenters. The van der Waals surface area contributed by atoms with Crippen molar-refractivity contribution < 1.29 is 27.9 Å². The second-order valence-corrected chi connectivity index (χ2v) is 8.14. The van der Waals surface area contributed by atoms with Crippen molar-refractivity contribution in [2.75, 3.05) is 31.6 Å². The van der Waals surface area contributed by atoms with Crippen LogP contribution in [0, 0.1) is 0 Å². The molecule has 0 bridgehead atoms. The minimum Gasteiger partial charge on any atom is -0.378 e. The number of allylic oxidation sites excluding steroid dienone is 1. The molecule has 1 saturated heterocycles. The van der Waals surface area contributed by atoms with E-state index in [1.807, 2.05) is 4.90 Å². The number of hydrogen-bond acceptors (Lipinski definition) is 6. The molecule has 1 aliphatic rings. The quantitative estimate of drug-likeness (QED) is 0.175. The van der Waals surface area contributed by atoms with Gasteiger partial charge in [0.1, 0.15) is 0 Å². The van der Waals surface area contributed by atoms with Crippen LogP contribution in [0.5, 0.6) is 0 Å². The Labute approximate surface area is 209 Å². The minimum atomic E-state index is -4.63. The number of amides is 1. The number of guanidine groups is 1. The number of nitrogens with zero attached hydrogens (tertiary/aromatic N) is 4. The number of nitrogens with one attached hydrogen (secondary N) is 3. The minimum absolute atomic E-state index is 0.0752. The third-order valence-electron chi connectivity index (χ3n) is 5.65. The number of ether oxygens (including phenoxy) is 1. The van der Waals surface area contributed by atoms with Gasteiger partial charge in [0.05, 0.1) is 29.8 Å². The monoisotopic (exact) mass is 515 g/mol. The molecule has 4 rings (SSSR count). The van der Waals surface area contributed by atoms with Crippen molar-refractivity contribution in [3.05, 3.63) is 59.3 Å². The third kappa shape index (κ3) is 5.95. The average Bonchev–Trinajstić information content (AvgIpc) is 3.29. The van der Waals surface area contributed by atoms with Gasteiger partial charge < -0.3 is 19.9 Å². The maximum absolute atomic E-state index is 14.0. The number of hydrogen-bond donors (Lipinski definition) is 4. The first kappa shape index (κ1) is 25.9. The number of hydroxylamine groups is 1. The predicted octanol–water partition coefficient (Wildman–Crippen LogP) is 4.19. The number of imidazole rings is 1. The molecule has 1 fully saturated rings. The standard InChI is InChI=1S/C24H24F3N7O3/c1-14(13-29-23(28-2)34-6-8-37-9-7-34)17-11-19-20(12-18(17)24(25,26)27)32-22(31-19)30-16-5-3-4-15(10-16)21(35)33-36/h3-5,10-13,36H,2,6-9H2,1H3,(H,33,35)(H2,30,31,32)/b14-13+,29-23?. The summed E-state index contributed by atoms with van der Waals surface area (Å²) in [7, 11) is 0. The van der Waals surface area contributed by atoms with E-state index in [2.05, 4.69) is 32.0 Å². The zero-order valence-electron chi connectivity index (χ0n) is 19.8. The van der Waals surface area contributed by atoms with Crippen LogP contribution in [0.4, 0.5) is 24.8 Å². The van der Waals surface area contributed by atoms with Gasteiger partial charge in [-0.05, 0) is 55.1 Å². The molecular weight excluding hydrogens is 491 g/mol. The number of anilines is 2. The predicted molar refractivity (Wildman–Crippen MR) is 133 cm³/mol. The topological polar surface area (TPSA) is 127 Å². The molecule has 2 heterocycles. The van der Waals surface area contributed by atoms with E-state index in [9.17, 15) is 18.0 Å². The van der Waals surface area contributed by atoms with Crippen LogP contribution in [-0.2, 0) is 10.9 Å². The Hall–Kier alpha value is -4.23. The van der Waals surface area contributed by atoms with Crippen LogP contribution in [0.1, 0.15) is 28.4 Å². The van der Waals surface area contributed by atoms with Gasteiger partial charge >= 0.3 is 6.18 Å². The lowest BCUT2D eigenvalue weighted by Crippen LogP contribution is -2.39. The summed E-state index contributed by atoms with van der Waals surface area (Å²) in [6.45, 7) is 7.16. The molecule has 1 aromatic heterocycles. The summed E-state index contributed by atoms with van der Waals surface area (Å²) in [6.07, 6.45) is -3.30. The number of morpholine rings is 1. The second kappa shape index (κ2) is 10.8. The number of halogens is 3. The van der Waals surface area contributed by atoms with Gasteiger partial charge in [0.15, 0.2) is 0 Å². The molecule has 2 aromatic carbocycles. The van der Waals surface area contributed by atoms with Crippen molar-refractivity contribution in [1.29, 1.82) is 0 Å². The maximum atomic E-state index is 14.0. The highest BCUT2D eigenvalue weighted by molar-refractivity contribution is 5.94. The molecular formula is C24H24F3N7O3. The van der Waals surface area contributed by atoms with Crippen molar-refractivity contribution in [1.82, 2.24) is 20.3 Å². The van der Waals surface area contributed by atoms with Crippen LogP contribution in [0.25, 0.3) is 16.6 Å². The molecule has 1 aliphatic heterocycles. The van der Waals surface area contributed by atoms with Crippen LogP contribution < -0.4 is 10.8 Å². The Morgan fingerprint density at radius 1 is 1.27 bits per heavy atom. The molecule has 10 nitrogen and oxygen atoms in total. The van der Waals surface area contributed by atoms with Gasteiger partial charge in [-0.25, -0.2) is 20.4 Å². The van der Waals surface area contributed by atoms with Crippen LogP contribution in [-0.4, -0.2) is 65.0 Å². The van der Waals surface area contributed by atoms with E-state index in [1.54, 1.807) is 17.6 Å².